The second-order valence-electron chi connectivity index (χ2n) is 4.60. The predicted molar refractivity (Wildman–Crippen MR) is 76.0 cm³/mol. The highest BCUT2D eigenvalue weighted by Crippen LogP contribution is 2.32. The molecule has 0 saturated carbocycles. The van der Waals surface area contributed by atoms with Gasteiger partial charge in [-0.15, -0.1) is 0 Å². The van der Waals surface area contributed by atoms with E-state index in [1.807, 2.05) is 18.2 Å². The van der Waals surface area contributed by atoms with Crippen LogP contribution in [0.2, 0.25) is 0 Å². The van der Waals surface area contributed by atoms with E-state index in [-0.39, 0.29) is 12.7 Å². The van der Waals surface area contributed by atoms with Crippen LogP contribution in [-0.4, -0.2) is 27.0 Å². The molecule has 4 N–H and O–H groups in total. The summed E-state index contributed by atoms with van der Waals surface area (Å²) in [6.07, 6.45) is 1.66. The molecule has 8 nitrogen and oxygen atoms in total. The van der Waals surface area contributed by atoms with Crippen LogP contribution < -0.4 is 20.5 Å². The number of hydrogen-bond acceptors (Lipinski definition) is 7. The molecule has 0 unspecified atom stereocenters. The monoisotopic (exact) mass is 284 g/mol. The Labute approximate surface area is 119 Å². The second-order valence-corrected chi connectivity index (χ2v) is 4.60. The number of nitrogens with zero attached hydrogens (tertiary/aromatic N) is 3. The van der Waals surface area contributed by atoms with Crippen molar-refractivity contribution in [1.82, 2.24) is 20.2 Å². The summed E-state index contributed by atoms with van der Waals surface area (Å²) >= 11 is 0. The standard InChI is InChI=1S/C13H12N6O2/c14-13-17-11(8-5-16-19-12(8)18-13)15-4-7-1-2-9-10(3-7)21-6-20-9/h1-3,5H,4,6H2,(H4,14,15,16,17,18,19). The lowest BCUT2D eigenvalue weighted by Gasteiger charge is -2.07. The Balaban J connectivity index is 1.59. The van der Waals surface area contributed by atoms with Crippen molar-refractivity contribution in [2.75, 3.05) is 17.8 Å². The number of nitrogen functional groups attached to an aromatic ring is 1. The minimum atomic E-state index is 0.194. The third-order valence-corrected chi connectivity index (χ3v) is 3.22. The fourth-order valence-electron chi connectivity index (χ4n) is 2.22. The van der Waals surface area contributed by atoms with Crippen molar-refractivity contribution in [3.8, 4) is 11.5 Å². The van der Waals surface area contributed by atoms with Gasteiger partial charge in [-0.25, -0.2) is 0 Å². The smallest absolute Gasteiger partial charge is 0.231 e. The quantitative estimate of drug-likeness (QED) is 0.664. The van der Waals surface area contributed by atoms with Crippen molar-refractivity contribution < 1.29 is 9.47 Å². The second kappa shape index (κ2) is 4.51. The van der Waals surface area contributed by atoms with E-state index in [1.165, 1.54) is 0 Å². The molecule has 1 aliphatic rings. The van der Waals surface area contributed by atoms with Gasteiger partial charge in [0.05, 0.1) is 11.6 Å². The predicted octanol–water partition coefficient (Wildman–Crippen LogP) is 1.28. The lowest BCUT2D eigenvalue weighted by atomic mass is 10.2. The van der Waals surface area contributed by atoms with Gasteiger partial charge in [-0.3, -0.25) is 5.10 Å². The van der Waals surface area contributed by atoms with Crippen molar-refractivity contribution in [2.45, 2.75) is 6.54 Å². The number of ether oxygens (including phenoxy) is 2. The molecule has 2 aromatic heterocycles. The summed E-state index contributed by atoms with van der Waals surface area (Å²) < 4.78 is 10.6. The van der Waals surface area contributed by atoms with Gasteiger partial charge in [0.1, 0.15) is 5.82 Å². The average Bonchev–Trinajstić information content (AvgIpc) is 3.12. The first-order valence-corrected chi connectivity index (χ1v) is 6.38. The fraction of sp³-hybridized carbons (Fsp3) is 0.154. The lowest BCUT2D eigenvalue weighted by molar-refractivity contribution is 0.174. The molecule has 0 saturated heterocycles. The maximum atomic E-state index is 5.68. The van der Waals surface area contributed by atoms with Gasteiger partial charge in [0.2, 0.25) is 12.7 Å². The van der Waals surface area contributed by atoms with E-state index in [9.17, 15) is 0 Å². The largest absolute Gasteiger partial charge is 0.454 e. The van der Waals surface area contributed by atoms with E-state index in [4.69, 9.17) is 15.2 Å². The summed E-state index contributed by atoms with van der Waals surface area (Å²) in [5.74, 6) is 2.36. The maximum absolute atomic E-state index is 5.68. The van der Waals surface area contributed by atoms with Gasteiger partial charge in [0, 0.05) is 6.54 Å². The Bertz CT molecular complexity index is 816. The van der Waals surface area contributed by atoms with E-state index in [0.717, 1.165) is 22.4 Å². The fourth-order valence-corrected chi connectivity index (χ4v) is 2.22. The lowest BCUT2D eigenvalue weighted by Crippen LogP contribution is -2.05. The number of nitrogens with one attached hydrogen (secondary N) is 2. The van der Waals surface area contributed by atoms with Crippen LogP contribution >= 0.6 is 0 Å². The van der Waals surface area contributed by atoms with Crippen LogP contribution in [0.1, 0.15) is 5.56 Å². The number of nitrogens with two attached hydrogens (primary N) is 1. The normalized spacial score (nSPS) is 12.8. The van der Waals surface area contributed by atoms with E-state index in [0.29, 0.717) is 18.0 Å². The van der Waals surface area contributed by atoms with Crippen LogP contribution in [0.5, 0.6) is 11.5 Å². The third kappa shape index (κ3) is 2.06. The first-order chi connectivity index (χ1) is 10.3. The molecule has 3 aromatic rings. The Morgan fingerprint density at radius 3 is 3.10 bits per heavy atom. The molecule has 4 rings (SSSR count). The van der Waals surface area contributed by atoms with Crippen LogP contribution in [0, 0.1) is 0 Å². The molecule has 0 fully saturated rings. The van der Waals surface area contributed by atoms with Gasteiger partial charge in [-0.1, -0.05) is 6.07 Å². The molecule has 106 valence electrons. The Kier molecular flexibility index (Phi) is 2.53. The highest BCUT2D eigenvalue weighted by Gasteiger charge is 2.13. The number of H-pyrrole nitrogens is 1. The van der Waals surface area contributed by atoms with Gasteiger partial charge in [-0.05, 0) is 17.7 Å². The van der Waals surface area contributed by atoms with Crippen LogP contribution in [0.3, 0.4) is 0 Å². The van der Waals surface area contributed by atoms with Crippen LogP contribution in [0.25, 0.3) is 11.0 Å². The first-order valence-electron chi connectivity index (χ1n) is 6.38. The SMILES string of the molecule is Nc1nc(NCc2ccc3c(c2)OCO3)c2cn[nH]c2n1. The van der Waals surface area contributed by atoms with Gasteiger partial charge in [0.25, 0.3) is 0 Å². The molecule has 0 bridgehead atoms. The van der Waals surface area contributed by atoms with Crippen molar-refractivity contribution in [3.05, 3.63) is 30.0 Å². The molecule has 8 heteroatoms. The van der Waals surface area contributed by atoms with Crippen LogP contribution in [-0.2, 0) is 6.54 Å². The number of fused-ring (bicyclic) bond motifs is 2. The van der Waals surface area contributed by atoms with E-state index < -0.39 is 0 Å². The highest BCUT2D eigenvalue weighted by atomic mass is 16.7. The average molecular weight is 284 g/mol. The highest BCUT2D eigenvalue weighted by molar-refractivity contribution is 5.86. The summed E-state index contributed by atoms with van der Waals surface area (Å²) in [6, 6.07) is 5.80. The molecular weight excluding hydrogens is 272 g/mol. The molecule has 1 aliphatic heterocycles. The van der Waals surface area contributed by atoms with E-state index in [2.05, 4.69) is 25.5 Å². The molecule has 0 atom stereocenters. The molecule has 0 amide bonds. The Hall–Kier alpha value is -3.03. The molecule has 0 spiro atoms. The van der Waals surface area contributed by atoms with Gasteiger partial charge < -0.3 is 20.5 Å². The minimum absolute atomic E-state index is 0.194. The van der Waals surface area contributed by atoms with Crippen molar-refractivity contribution in [1.29, 1.82) is 0 Å². The first kappa shape index (κ1) is 11.8. The number of rotatable bonds is 3. The minimum Gasteiger partial charge on any atom is -0.454 e. The number of aromatic amines is 1. The molecule has 1 aromatic carbocycles. The molecule has 3 heterocycles. The van der Waals surface area contributed by atoms with Gasteiger partial charge in [0.15, 0.2) is 17.1 Å². The Morgan fingerprint density at radius 1 is 1.24 bits per heavy atom. The molecule has 0 aliphatic carbocycles. The maximum Gasteiger partial charge on any atom is 0.231 e. The van der Waals surface area contributed by atoms with E-state index in [1.54, 1.807) is 6.20 Å². The molecule has 0 radical (unpaired) electrons. The van der Waals surface area contributed by atoms with Crippen molar-refractivity contribution in [3.63, 3.8) is 0 Å². The summed E-state index contributed by atoms with van der Waals surface area (Å²) in [7, 11) is 0. The van der Waals surface area contributed by atoms with Crippen molar-refractivity contribution >= 4 is 22.8 Å². The molecule has 21 heavy (non-hydrogen) atoms. The van der Waals surface area contributed by atoms with Crippen LogP contribution in [0.4, 0.5) is 11.8 Å². The topological polar surface area (TPSA) is 111 Å². The van der Waals surface area contributed by atoms with E-state index >= 15 is 0 Å². The number of aromatic nitrogens is 4. The van der Waals surface area contributed by atoms with Gasteiger partial charge >= 0.3 is 0 Å². The third-order valence-electron chi connectivity index (χ3n) is 3.22. The zero-order chi connectivity index (χ0) is 14.2. The van der Waals surface area contributed by atoms with Crippen molar-refractivity contribution in [2.24, 2.45) is 0 Å². The number of hydrogen-bond donors (Lipinski definition) is 3. The van der Waals surface area contributed by atoms with Gasteiger partial charge in [-0.2, -0.15) is 15.1 Å². The zero-order valence-electron chi connectivity index (χ0n) is 11.0. The van der Waals surface area contributed by atoms with Crippen LogP contribution in [0.15, 0.2) is 24.4 Å². The summed E-state index contributed by atoms with van der Waals surface area (Å²) in [5.41, 5.74) is 7.34. The number of anilines is 2. The zero-order valence-corrected chi connectivity index (χ0v) is 11.0. The molecular formula is C13H12N6O2. The summed E-state index contributed by atoms with van der Waals surface area (Å²) in [5, 5.41) is 10.8. The summed E-state index contributed by atoms with van der Waals surface area (Å²) in [4.78, 5) is 8.27. The summed E-state index contributed by atoms with van der Waals surface area (Å²) in [6.45, 7) is 0.845. The Morgan fingerprint density at radius 2 is 2.14 bits per heavy atom. The number of benzene rings is 1.